The van der Waals surface area contributed by atoms with Gasteiger partial charge in [-0.05, 0) is 80.7 Å². The molecule has 4 rings (SSSR count). The highest BCUT2D eigenvalue weighted by molar-refractivity contribution is 7.18. The Morgan fingerprint density at radius 3 is 2.31 bits per heavy atom. The molecular weight excluding hydrogens is 480 g/mol. The number of carbonyl (C=O) groups is 3. The second-order valence-electron chi connectivity index (χ2n) is 9.40. The van der Waals surface area contributed by atoms with E-state index < -0.39 is 5.97 Å². The molecule has 2 aromatic heterocycles. The van der Waals surface area contributed by atoms with Gasteiger partial charge in [0.25, 0.3) is 5.91 Å². The first-order valence-electron chi connectivity index (χ1n) is 11.9. The molecule has 1 aromatic carbocycles. The average Bonchev–Trinajstić information content (AvgIpc) is 3.51. The van der Waals surface area contributed by atoms with Crippen molar-refractivity contribution in [3.05, 3.63) is 57.6 Å². The maximum atomic E-state index is 13.5. The maximum Gasteiger partial charge on any atom is 0.348 e. The monoisotopic (exact) mass is 510 g/mol. The second kappa shape index (κ2) is 10.7. The van der Waals surface area contributed by atoms with E-state index in [0.717, 1.165) is 36.1 Å². The van der Waals surface area contributed by atoms with Crippen LogP contribution < -0.4 is 10.2 Å². The molecule has 0 spiro atoms. The lowest BCUT2D eigenvalue weighted by Crippen LogP contribution is -2.42. The number of thiophene rings is 2. The van der Waals surface area contributed by atoms with E-state index in [2.05, 4.69) is 12.2 Å². The third-order valence-electron chi connectivity index (χ3n) is 6.46. The van der Waals surface area contributed by atoms with Gasteiger partial charge >= 0.3 is 5.97 Å². The van der Waals surface area contributed by atoms with Gasteiger partial charge in [0.1, 0.15) is 4.88 Å². The predicted octanol–water partition coefficient (Wildman–Crippen LogP) is 6.99. The van der Waals surface area contributed by atoms with E-state index >= 15 is 0 Å². The van der Waals surface area contributed by atoms with Crippen LogP contribution in [0.3, 0.4) is 0 Å². The highest BCUT2D eigenvalue weighted by Crippen LogP contribution is 2.40. The van der Waals surface area contributed by atoms with Gasteiger partial charge < -0.3 is 15.3 Å². The Kier molecular flexibility index (Phi) is 7.72. The maximum absolute atomic E-state index is 13.5. The van der Waals surface area contributed by atoms with Gasteiger partial charge in [-0.15, -0.1) is 22.7 Å². The quantitative estimate of drug-likeness (QED) is 0.358. The number of aromatic carboxylic acids is 1. The summed E-state index contributed by atoms with van der Waals surface area (Å²) in [5.74, 6) is -0.614. The van der Waals surface area contributed by atoms with Crippen LogP contribution in [0.5, 0.6) is 0 Å². The van der Waals surface area contributed by atoms with Crippen LogP contribution in [-0.4, -0.2) is 28.9 Å². The van der Waals surface area contributed by atoms with E-state index in [4.69, 9.17) is 0 Å². The molecule has 6 nitrogen and oxygen atoms in total. The van der Waals surface area contributed by atoms with Crippen LogP contribution in [0.15, 0.2) is 47.8 Å². The SMILES string of the molecule is CC1CCC(C(=O)N(c2cc(-c3ccc(NC(=O)c4cccs4)cc3)sc2C(=O)O)C(C)C)CC1. The van der Waals surface area contributed by atoms with Crippen molar-refractivity contribution in [2.24, 2.45) is 11.8 Å². The molecule has 1 aliphatic rings. The van der Waals surface area contributed by atoms with Crippen LogP contribution in [0.1, 0.15) is 65.8 Å². The number of amides is 2. The molecular formula is C27H30N2O4S2. The molecule has 0 unspecified atom stereocenters. The van der Waals surface area contributed by atoms with Gasteiger partial charge in [-0.2, -0.15) is 0 Å². The van der Waals surface area contributed by atoms with E-state index in [9.17, 15) is 19.5 Å². The number of rotatable bonds is 7. The first kappa shape index (κ1) is 25.1. The number of anilines is 2. The fraction of sp³-hybridized carbons (Fsp3) is 0.370. The fourth-order valence-corrected chi connectivity index (χ4v) is 6.14. The molecule has 0 saturated heterocycles. The average molecular weight is 511 g/mol. The largest absolute Gasteiger partial charge is 0.477 e. The van der Waals surface area contributed by atoms with Crippen molar-refractivity contribution in [2.45, 2.75) is 52.5 Å². The lowest BCUT2D eigenvalue weighted by molar-refractivity contribution is -0.123. The van der Waals surface area contributed by atoms with E-state index in [0.29, 0.717) is 22.2 Å². The summed E-state index contributed by atoms with van der Waals surface area (Å²) in [6.45, 7) is 6.07. The predicted molar refractivity (Wildman–Crippen MR) is 143 cm³/mol. The molecule has 1 aliphatic carbocycles. The Bertz CT molecular complexity index is 1190. The minimum absolute atomic E-state index is 0.0189. The number of nitrogens with one attached hydrogen (secondary N) is 1. The summed E-state index contributed by atoms with van der Waals surface area (Å²) in [7, 11) is 0. The molecule has 2 N–H and O–H groups in total. The zero-order valence-corrected chi connectivity index (χ0v) is 21.7. The van der Waals surface area contributed by atoms with Crippen LogP contribution in [0.25, 0.3) is 10.4 Å². The van der Waals surface area contributed by atoms with Crippen molar-refractivity contribution in [1.29, 1.82) is 0 Å². The van der Waals surface area contributed by atoms with Crippen LogP contribution in [-0.2, 0) is 4.79 Å². The number of carbonyl (C=O) groups excluding carboxylic acids is 2. The van der Waals surface area contributed by atoms with E-state index in [1.807, 2.05) is 43.5 Å². The molecule has 2 heterocycles. The number of carboxylic acids is 1. The molecule has 0 atom stereocenters. The van der Waals surface area contributed by atoms with Crippen LogP contribution in [0.4, 0.5) is 11.4 Å². The van der Waals surface area contributed by atoms with Gasteiger partial charge in [-0.25, -0.2) is 4.79 Å². The van der Waals surface area contributed by atoms with Crippen LogP contribution in [0, 0.1) is 11.8 Å². The molecule has 2 amide bonds. The third-order valence-corrected chi connectivity index (χ3v) is 8.49. The first-order valence-corrected chi connectivity index (χ1v) is 13.6. The second-order valence-corrected chi connectivity index (χ2v) is 11.4. The summed E-state index contributed by atoms with van der Waals surface area (Å²) < 4.78 is 0. The summed E-state index contributed by atoms with van der Waals surface area (Å²) in [5.41, 5.74) is 1.96. The summed E-state index contributed by atoms with van der Waals surface area (Å²) in [6, 6.07) is 12.6. The molecule has 1 fully saturated rings. The highest BCUT2D eigenvalue weighted by atomic mass is 32.1. The fourth-order valence-electron chi connectivity index (χ4n) is 4.53. The van der Waals surface area contributed by atoms with E-state index in [1.54, 1.807) is 23.1 Å². The lowest BCUT2D eigenvalue weighted by Gasteiger charge is -2.33. The van der Waals surface area contributed by atoms with Gasteiger partial charge in [0, 0.05) is 22.5 Å². The standard InChI is InChI=1S/C27H30N2O4S2/c1-16(2)29(26(31)19-8-6-17(3)7-9-19)21-15-23(35-24(21)27(32)33)18-10-12-20(13-11-18)28-25(30)22-5-4-14-34-22/h4-5,10-17,19H,6-9H2,1-3H3,(H,28,30)(H,32,33). The Morgan fingerprint density at radius 2 is 1.74 bits per heavy atom. The third kappa shape index (κ3) is 5.65. The van der Waals surface area contributed by atoms with E-state index in [-0.39, 0.29) is 28.7 Å². The van der Waals surface area contributed by atoms with E-state index in [1.165, 1.54) is 22.7 Å². The number of benzene rings is 1. The topological polar surface area (TPSA) is 86.7 Å². The van der Waals surface area contributed by atoms with Gasteiger partial charge in [0.15, 0.2) is 0 Å². The molecule has 1 saturated carbocycles. The molecule has 35 heavy (non-hydrogen) atoms. The smallest absolute Gasteiger partial charge is 0.348 e. The van der Waals surface area contributed by atoms with Crippen molar-refractivity contribution in [3.8, 4) is 10.4 Å². The summed E-state index contributed by atoms with van der Waals surface area (Å²) in [5, 5.41) is 14.7. The number of hydrogen-bond donors (Lipinski definition) is 2. The Hall–Kier alpha value is -2.97. The van der Waals surface area contributed by atoms with Gasteiger partial charge in [-0.1, -0.05) is 25.1 Å². The minimum Gasteiger partial charge on any atom is -0.477 e. The van der Waals surface area contributed by atoms with Gasteiger partial charge in [0.05, 0.1) is 10.6 Å². The van der Waals surface area contributed by atoms with Gasteiger partial charge in [-0.3, -0.25) is 9.59 Å². The molecule has 3 aromatic rings. The molecule has 8 heteroatoms. The van der Waals surface area contributed by atoms with Crippen molar-refractivity contribution in [1.82, 2.24) is 0 Å². The Morgan fingerprint density at radius 1 is 1.06 bits per heavy atom. The molecule has 0 bridgehead atoms. The van der Waals surface area contributed by atoms with Crippen LogP contribution >= 0.6 is 22.7 Å². The number of nitrogens with zero attached hydrogens (tertiary/aromatic N) is 1. The normalized spacial score (nSPS) is 17.8. The minimum atomic E-state index is -1.04. The zero-order chi connectivity index (χ0) is 25.1. The van der Waals surface area contributed by atoms with Crippen molar-refractivity contribution < 1.29 is 19.5 Å². The Labute approximate surface area is 213 Å². The van der Waals surface area contributed by atoms with Gasteiger partial charge in [0.2, 0.25) is 5.91 Å². The number of hydrogen-bond acceptors (Lipinski definition) is 5. The molecule has 0 radical (unpaired) electrons. The molecule has 184 valence electrons. The molecule has 0 aliphatic heterocycles. The van der Waals surface area contributed by atoms with Crippen LogP contribution in [0.2, 0.25) is 0 Å². The highest BCUT2D eigenvalue weighted by Gasteiger charge is 2.33. The summed E-state index contributed by atoms with van der Waals surface area (Å²) in [4.78, 5) is 41.2. The van der Waals surface area contributed by atoms with Crippen molar-refractivity contribution >= 4 is 51.8 Å². The van der Waals surface area contributed by atoms with Crippen molar-refractivity contribution in [3.63, 3.8) is 0 Å². The summed E-state index contributed by atoms with van der Waals surface area (Å²) >= 11 is 2.55. The summed E-state index contributed by atoms with van der Waals surface area (Å²) in [6.07, 6.45) is 3.75. The number of carboxylic acid groups (broad SMARTS) is 1. The Balaban J connectivity index is 1.59. The lowest BCUT2D eigenvalue weighted by atomic mass is 9.82. The van der Waals surface area contributed by atoms with Crippen molar-refractivity contribution in [2.75, 3.05) is 10.2 Å². The zero-order valence-electron chi connectivity index (χ0n) is 20.1. The first-order chi connectivity index (χ1) is 16.7.